The summed E-state index contributed by atoms with van der Waals surface area (Å²) < 4.78 is 1.31. The van der Waals surface area contributed by atoms with Crippen LogP contribution in [0, 0.1) is 0 Å². The third kappa shape index (κ3) is 1.07. The standard InChI is InChI=1S/C5H3Cl2N5/c6-2-1-3(7)12-5(9-2)10-4(8)11-12/h1H,(H2,8,11). The quantitative estimate of drug-likeness (QED) is 0.650. The van der Waals surface area contributed by atoms with Crippen molar-refractivity contribution in [2.24, 2.45) is 0 Å². The van der Waals surface area contributed by atoms with Crippen LogP contribution in [0.15, 0.2) is 6.07 Å². The Balaban J connectivity index is 2.88. The number of hydrogen-bond acceptors (Lipinski definition) is 4. The average Bonchev–Trinajstić information content (AvgIpc) is 2.29. The van der Waals surface area contributed by atoms with Crippen LogP contribution in [0.3, 0.4) is 0 Å². The molecule has 0 amide bonds. The largest absolute Gasteiger partial charge is 0.366 e. The lowest BCUT2D eigenvalue weighted by Crippen LogP contribution is -1.92. The van der Waals surface area contributed by atoms with Gasteiger partial charge in [0, 0.05) is 6.07 Å². The molecule has 0 bridgehead atoms. The van der Waals surface area contributed by atoms with E-state index in [1.807, 2.05) is 0 Å². The summed E-state index contributed by atoms with van der Waals surface area (Å²) in [5.41, 5.74) is 5.32. The molecule has 0 aliphatic carbocycles. The zero-order chi connectivity index (χ0) is 8.72. The van der Waals surface area contributed by atoms with Crippen LogP contribution < -0.4 is 5.73 Å². The molecule has 12 heavy (non-hydrogen) atoms. The molecule has 7 heteroatoms. The van der Waals surface area contributed by atoms with Crippen LogP contribution in [0.4, 0.5) is 5.95 Å². The van der Waals surface area contributed by atoms with E-state index in [4.69, 9.17) is 28.9 Å². The number of aromatic nitrogens is 4. The van der Waals surface area contributed by atoms with Crippen molar-refractivity contribution in [2.75, 3.05) is 5.73 Å². The lowest BCUT2D eigenvalue weighted by atomic mass is 10.7. The molecule has 0 aliphatic heterocycles. The zero-order valence-corrected chi connectivity index (χ0v) is 7.21. The van der Waals surface area contributed by atoms with Gasteiger partial charge in [0.25, 0.3) is 5.78 Å². The molecular formula is C5H3Cl2N5. The summed E-state index contributed by atoms with van der Waals surface area (Å²) in [6, 6.07) is 1.46. The maximum absolute atomic E-state index is 5.76. The molecule has 0 saturated heterocycles. The van der Waals surface area contributed by atoms with Gasteiger partial charge in [0.15, 0.2) is 0 Å². The highest BCUT2D eigenvalue weighted by atomic mass is 35.5. The summed E-state index contributed by atoms with van der Waals surface area (Å²) in [4.78, 5) is 7.63. The van der Waals surface area contributed by atoms with Gasteiger partial charge in [-0.2, -0.15) is 14.5 Å². The van der Waals surface area contributed by atoms with Gasteiger partial charge in [0.2, 0.25) is 5.95 Å². The Morgan fingerprint density at radius 3 is 2.83 bits per heavy atom. The highest BCUT2D eigenvalue weighted by Gasteiger charge is 2.05. The lowest BCUT2D eigenvalue weighted by molar-refractivity contribution is 0.945. The first kappa shape index (κ1) is 7.57. The molecule has 2 aromatic rings. The highest BCUT2D eigenvalue weighted by molar-refractivity contribution is 6.33. The van der Waals surface area contributed by atoms with Gasteiger partial charge in [-0.25, -0.2) is 0 Å². The predicted octanol–water partition coefficient (Wildman–Crippen LogP) is 1.01. The minimum atomic E-state index is 0.117. The van der Waals surface area contributed by atoms with E-state index in [1.165, 1.54) is 10.6 Å². The summed E-state index contributed by atoms with van der Waals surface area (Å²) in [6.07, 6.45) is 0. The minimum Gasteiger partial charge on any atom is -0.366 e. The van der Waals surface area contributed by atoms with Crippen LogP contribution in [-0.2, 0) is 0 Å². The van der Waals surface area contributed by atoms with Crippen LogP contribution in [0.1, 0.15) is 0 Å². The van der Waals surface area contributed by atoms with E-state index in [0.717, 1.165) is 0 Å². The fraction of sp³-hybridized carbons (Fsp3) is 0. The number of anilines is 1. The summed E-state index contributed by atoms with van der Waals surface area (Å²) >= 11 is 11.4. The Bertz CT molecular complexity index is 437. The molecule has 0 saturated carbocycles. The van der Waals surface area contributed by atoms with Crippen LogP contribution >= 0.6 is 23.2 Å². The normalized spacial score (nSPS) is 10.8. The molecule has 62 valence electrons. The monoisotopic (exact) mass is 203 g/mol. The van der Waals surface area contributed by atoms with Crippen molar-refractivity contribution < 1.29 is 0 Å². The number of nitrogens with zero attached hydrogens (tertiary/aromatic N) is 4. The van der Waals surface area contributed by atoms with Gasteiger partial charge in [0.05, 0.1) is 0 Å². The molecule has 0 aliphatic rings. The molecule has 2 N–H and O–H groups in total. The second-order valence-corrected chi connectivity index (χ2v) is 2.86. The molecule has 0 radical (unpaired) electrons. The van der Waals surface area contributed by atoms with Crippen molar-refractivity contribution in [3.05, 3.63) is 16.4 Å². The first-order valence-corrected chi connectivity index (χ1v) is 3.77. The summed E-state index contributed by atoms with van der Waals surface area (Å²) in [7, 11) is 0. The second kappa shape index (κ2) is 2.46. The Morgan fingerprint density at radius 2 is 2.08 bits per heavy atom. The Morgan fingerprint density at radius 1 is 1.33 bits per heavy atom. The van der Waals surface area contributed by atoms with E-state index in [1.54, 1.807) is 0 Å². The molecule has 0 spiro atoms. The maximum Gasteiger partial charge on any atom is 0.256 e. The summed E-state index contributed by atoms with van der Waals surface area (Å²) in [6.45, 7) is 0. The predicted molar refractivity (Wildman–Crippen MR) is 45.2 cm³/mol. The van der Waals surface area contributed by atoms with E-state index in [2.05, 4.69) is 15.1 Å². The molecule has 0 fully saturated rings. The number of fused-ring (bicyclic) bond motifs is 1. The van der Waals surface area contributed by atoms with Crippen molar-refractivity contribution in [1.29, 1.82) is 0 Å². The maximum atomic E-state index is 5.76. The topological polar surface area (TPSA) is 69.1 Å². The van der Waals surface area contributed by atoms with Gasteiger partial charge in [-0.15, -0.1) is 5.10 Å². The van der Waals surface area contributed by atoms with Crippen LogP contribution in [0.2, 0.25) is 10.3 Å². The molecule has 0 aromatic carbocycles. The number of nitrogen functional groups attached to an aromatic ring is 1. The fourth-order valence-electron chi connectivity index (χ4n) is 0.822. The third-order valence-corrected chi connectivity index (χ3v) is 1.72. The van der Waals surface area contributed by atoms with E-state index in [-0.39, 0.29) is 11.1 Å². The smallest absolute Gasteiger partial charge is 0.256 e. The van der Waals surface area contributed by atoms with Gasteiger partial charge < -0.3 is 5.73 Å². The first-order valence-electron chi connectivity index (χ1n) is 3.01. The van der Waals surface area contributed by atoms with Crippen molar-refractivity contribution in [2.45, 2.75) is 0 Å². The van der Waals surface area contributed by atoms with Crippen molar-refractivity contribution >= 4 is 34.9 Å². The van der Waals surface area contributed by atoms with Crippen LogP contribution in [0.5, 0.6) is 0 Å². The van der Waals surface area contributed by atoms with Gasteiger partial charge in [-0.05, 0) is 0 Å². The number of rotatable bonds is 0. The minimum absolute atomic E-state index is 0.117. The van der Waals surface area contributed by atoms with E-state index in [0.29, 0.717) is 10.9 Å². The van der Waals surface area contributed by atoms with Gasteiger partial charge in [-0.1, -0.05) is 23.2 Å². The number of halogens is 2. The number of nitrogens with two attached hydrogens (primary N) is 1. The Hall–Kier alpha value is -1.07. The highest BCUT2D eigenvalue weighted by Crippen LogP contribution is 2.15. The molecule has 0 atom stereocenters. The summed E-state index contributed by atoms with van der Waals surface area (Å²) in [5.74, 6) is 0.414. The molecule has 5 nitrogen and oxygen atoms in total. The van der Waals surface area contributed by atoms with E-state index < -0.39 is 0 Å². The second-order valence-electron chi connectivity index (χ2n) is 2.08. The lowest BCUT2D eigenvalue weighted by Gasteiger charge is -1.93. The van der Waals surface area contributed by atoms with Crippen molar-refractivity contribution in [3.63, 3.8) is 0 Å². The molecule has 0 unspecified atom stereocenters. The SMILES string of the molecule is Nc1nc2nc(Cl)cc(Cl)n2n1. The molecular weight excluding hydrogens is 201 g/mol. The van der Waals surface area contributed by atoms with Crippen molar-refractivity contribution in [3.8, 4) is 0 Å². The number of hydrogen-bond donors (Lipinski definition) is 1. The average molecular weight is 204 g/mol. The van der Waals surface area contributed by atoms with E-state index in [9.17, 15) is 0 Å². The van der Waals surface area contributed by atoms with Gasteiger partial charge in [-0.3, -0.25) is 0 Å². The molecule has 2 aromatic heterocycles. The fourth-order valence-corrected chi connectivity index (χ4v) is 1.27. The summed E-state index contributed by atoms with van der Waals surface area (Å²) in [5, 5.41) is 4.38. The van der Waals surface area contributed by atoms with Crippen LogP contribution in [-0.4, -0.2) is 19.6 Å². The zero-order valence-electron chi connectivity index (χ0n) is 5.70. The Labute approximate surface area is 77.1 Å². The molecule has 2 heterocycles. The Kier molecular flexibility index (Phi) is 1.55. The first-order chi connectivity index (χ1) is 5.66. The third-order valence-electron chi connectivity index (χ3n) is 1.25. The van der Waals surface area contributed by atoms with Gasteiger partial charge >= 0.3 is 0 Å². The van der Waals surface area contributed by atoms with Crippen molar-refractivity contribution in [1.82, 2.24) is 19.6 Å². The van der Waals surface area contributed by atoms with E-state index >= 15 is 0 Å². The van der Waals surface area contributed by atoms with Crippen LogP contribution in [0.25, 0.3) is 5.78 Å². The van der Waals surface area contributed by atoms with Gasteiger partial charge in [0.1, 0.15) is 10.3 Å². The molecule has 2 rings (SSSR count).